The zero-order valence-corrected chi connectivity index (χ0v) is 15.4. The second-order valence-electron chi connectivity index (χ2n) is 6.53. The first-order chi connectivity index (χ1) is 12.3. The molecule has 0 heterocycles. The maximum absolute atomic E-state index is 2.37. The molecular weight excluding hydrogens is 316 g/mol. The predicted molar refractivity (Wildman–Crippen MR) is 110 cm³/mol. The van der Waals surface area contributed by atoms with Crippen molar-refractivity contribution in [3.8, 4) is 0 Å². The zero-order valence-electron chi connectivity index (χ0n) is 14.4. The lowest BCUT2D eigenvalue weighted by atomic mass is 10.3. The lowest BCUT2D eigenvalue weighted by Gasteiger charge is -2.37. The Labute approximate surface area is 151 Å². The van der Waals surface area contributed by atoms with Gasteiger partial charge in [0.1, 0.15) is 0 Å². The first-order valence-electron chi connectivity index (χ1n) is 8.72. The minimum atomic E-state index is -2.28. The minimum absolute atomic E-state index is 1.33. The van der Waals surface area contributed by atoms with Crippen LogP contribution >= 0.6 is 0 Å². The first-order valence-corrected chi connectivity index (χ1v) is 10.7. The van der Waals surface area contributed by atoms with E-state index in [-0.39, 0.29) is 0 Å². The van der Waals surface area contributed by atoms with Gasteiger partial charge in [0.05, 0.1) is 0 Å². The Balaban J connectivity index is 2.07. The average molecular weight is 338 g/mol. The first kappa shape index (κ1) is 15.9. The monoisotopic (exact) mass is 337 g/mol. The number of rotatable bonds is 4. The molecular formula is C24H21Si. The van der Waals surface area contributed by atoms with E-state index in [9.17, 15) is 0 Å². The van der Waals surface area contributed by atoms with Crippen LogP contribution in [0.3, 0.4) is 0 Å². The third kappa shape index (κ3) is 2.71. The lowest BCUT2D eigenvalue weighted by Crippen LogP contribution is -2.70. The standard InChI is InChI=1S/C24H21Si/c1-20-17-18-24(19-20)25(21-11-5-2-6-12-21,22-13-7-3-8-14-22)23-15-9-4-10-16-23/h2-19H,1H3. The third-order valence-electron chi connectivity index (χ3n) is 4.96. The molecule has 0 unspecified atom stereocenters. The Morgan fingerprint density at radius 1 is 0.520 bits per heavy atom. The van der Waals surface area contributed by atoms with Gasteiger partial charge in [-0.05, 0) is 22.5 Å². The molecule has 0 amide bonds. The van der Waals surface area contributed by atoms with Crippen LogP contribution in [0, 0.1) is 5.54 Å². The Hall–Kier alpha value is -2.64. The fraction of sp³-hybridized carbons (Fsp3) is 0.0417. The molecule has 1 aliphatic carbocycles. The summed E-state index contributed by atoms with van der Waals surface area (Å²) in [5.74, 6) is 0. The van der Waals surface area contributed by atoms with Crippen LogP contribution in [0.25, 0.3) is 0 Å². The molecule has 0 fully saturated rings. The number of hydrogen-bond acceptors (Lipinski definition) is 0. The molecule has 3 aromatic rings. The maximum Gasteiger partial charge on any atom is 0.162 e. The predicted octanol–water partition coefficient (Wildman–Crippen LogP) is 3.79. The Morgan fingerprint density at radius 3 is 1.24 bits per heavy atom. The van der Waals surface area contributed by atoms with Gasteiger partial charge in [0.25, 0.3) is 0 Å². The summed E-state index contributed by atoms with van der Waals surface area (Å²) < 4.78 is 0. The number of benzene rings is 3. The SMILES string of the molecule is CC1=C[C]([Si](c2ccccc2)(c2ccccc2)c2ccccc2)C=C1. The van der Waals surface area contributed by atoms with E-state index in [4.69, 9.17) is 0 Å². The van der Waals surface area contributed by atoms with E-state index >= 15 is 0 Å². The van der Waals surface area contributed by atoms with Crippen LogP contribution in [-0.2, 0) is 0 Å². The molecule has 0 bridgehead atoms. The van der Waals surface area contributed by atoms with E-state index in [1.165, 1.54) is 26.7 Å². The van der Waals surface area contributed by atoms with Gasteiger partial charge >= 0.3 is 0 Å². The molecule has 0 aliphatic heterocycles. The van der Waals surface area contributed by atoms with Gasteiger partial charge in [-0.2, -0.15) is 0 Å². The molecule has 0 saturated carbocycles. The number of allylic oxidation sites excluding steroid dienone is 4. The van der Waals surface area contributed by atoms with Crippen molar-refractivity contribution in [3.05, 3.63) is 120 Å². The normalized spacial score (nSPS) is 14.5. The summed E-state index contributed by atoms with van der Waals surface area (Å²) in [4.78, 5) is 0. The highest BCUT2D eigenvalue weighted by Crippen LogP contribution is 2.28. The highest BCUT2D eigenvalue weighted by Gasteiger charge is 2.45. The van der Waals surface area contributed by atoms with Crippen molar-refractivity contribution in [1.29, 1.82) is 0 Å². The van der Waals surface area contributed by atoms with E-state index in [0.717, 1.165) is 0 Å². The Morgan fingerprint density at radius 2 is 0.920 bits per heavy atom. The van der Waals surface area contributed by atoms with Crippen LogP contribution in [0.2, 0.25) is 0 Å². The zero-order chi connectivity index (χ0) is 17.1. The van der Waals surface area contributed by atoms with Gasteiger partial charge in [0, 0.05) is 5.54 Å². The molecule has 3 aromatic carbocycles. The molecule has 0 spiro atoms. The summed E-state index contributed by atoms with van der Waals surface area (Å²) in [5, 5.41) is 4.29. The molecule has 1 radical (unpaired) electrons. The van der Waals surface area contributed by atoms with Gasteiger partial charge in [-0.1, -0.05) is 115 Å². The summed E-state index contributed by atoms with van der Waals surface area (Å²) in [6.07, 6.45) is 6.94. The van der Waals surface area contributed by atoms with Crippen molar-refractivity contribution in [3.63, 3.8) is 0 Å². The average Bonchev–Trinajstić information content (AvgIpc) is 3.12. The van der Waals surface area contributed by atoms with Crippen molar-refractivity contribution in [1.82, 2.24) is 0 Å². The molecule has 1 aliphatic rings. The third-order valence-corrected chi connectivity index (χ3v) is 9.74. The molecule has 1 heteroatoms. The van der Waals surface area contributed by atoms with Crippen LogP contribution in [0.15, 0.2) is 115 Å². The molecule has 25 heavy (non-hydrogen) atoms. The Kier molecular flexibility index (Phi) is 4.25. The second kappa shape index (κ2) is 6.70. The minimum Gasteiger partial charge on any atom is -0.0750 e. The van der Waals surface area contributed by atoms with E-state index in [2.05, 4.69) is 116 Å². The van der Waals surface area contributed by atoms with Crippen LogP contribution in [-0.4, -0.2) is 8.07 Å². The maximum atomic E-state index is 2.37. The van der Waals surface area contributed by atoms with Gasteiger partial charge < -0.3 is 0 Å². The summed E-state index contributed by atoms with van der Waals surface area (Å²) in [7, 11) is -2.28. The molecule has 0 aromatic heterocycles. The van der Waals surface area contributed by atoms with Crippen molar-refractivity contribution >= 4 is 23.6 Å². The summed E-state index contributed by atoms with van der Waals surface area (Å²) >= 11 is 0. The van der Waals surface area contributed by atoms with Crippen LogP contribution in [0.5, 0.6) is 0 Å². The van der Waals surface area contributed by atoms with Crippen LogP contribution in [0.4, 0.5) is 0 Å². The largest absolute Gasteiger partial charge is 0.162 e. The molecule has 121 valence electrons. The molecule has 0 N–H and O–H groups in total. The smallest absolute Gasteiger partial charge is 0.0750 e. The summed E-state index contributed by atoms with van der Waals surface area (Å²) in [5.41, 5.74) is 2.78. The van der Waals surface area contributed by atoms with E-state index in [1.807, 2.05) is 0 Å². The molecule has 0 saturated heterocycles. The molecule has 0 nitrogen and oxygen atoms in total. The van der Waals surface area contributed by atoms with Crippen LogP contribution < -0.4 is 15.6 Å². The summed E-state index contributed by atoms with van der Waals surface area (Å²) in [6.45, 7) is 2.18. The summed E-state index contributed by atoms with van der Waals surface area (Å²) in [6, 6.07) is 33.1. The highest BCUT2D eigenvalue weighted by molar-refractivity contribution is 7.15. The fourth-order valence-electron chi connectivity index (χ4n) is 3.86. The quantitative estimate of drug-likeness (QED) is 0.502. The van der Waals surface area contributed by atoms with Crippen molar-refractivity contribution in [2.75, 3.05) is 0 Å². The van der Waals surface area contributed by atoms with Crippen molar-refractivity contribution in [2.24, 2.45) is 0 Å². The van der Waals surface area contributed by atoms with Gasteiger partial charge in [-0.15, -0.1) is 0 Å². The van der Waals surface area contributed by atoms with Crippen LogP contribution in [0.1, 0.15) is 6.92 Å². The number of hydrogen-bond donors (Lipinski definition) is 0. The molecule has 4 rings (SSSR count). The van der Waals surface area contributed by atoms with Gasteiger partial charge in [-0.25, -0.2) is 0 Å². The van der Waals surface area contributed by atoms with E-state index in [0.29, 0.717) is 0 Å². The van der Waals surface area contributed by atoms with E-state index < -0.39 is 8.07 Å². The highest BCUT2D eigenvalue weighted by atomic mass is 28.3. The van der Waals surface area contributed by atoms with Crippen molar-refractivity contribution < 1.29 is 0 Å². The topological polar surface area (TPSA) is 0 Å². The second-order valence-corrected chi connectivity index (χ2v) is 10.3. The van der Waals surface area contributed by atoms with Crippen molar-refractivity contribution in [2.45, 2.75) is 6.92 Å². The lowest BCUT2D eigenvalue weighted by molar-refractivity contribution is 1.53. The van der Waals surface area contributed by atoms with Gasteiger partial charge in [0.15, 0.2) is 8.07 Å². The van der Waals surface area contributed by atoms with Gasteiger partial charge in [0.2, 0.25) is 0 Å². The Bertz CT molecular complexity index is 796. The fourth-order valence-corrected chi connectivity index (χ4v) is 8.72. The molecule has 0 atom stereocenters. The van der Waals surface area contributed by atoms with Gasteiger partial charge in [-0.3, -0.25) is 0 Å². The van der Waals surface area contributed by atoms with E-state index in [1.54, 1.807) is 0 Å².